The zero-order chi connectivity index (χ0) is 25.8. The van der Waals surface area contributed by atoms with Crippen molar-refractivity contribution in [2.45, 2.75) is 48.0 Å². The number of hydrogen-bond donors (Lipinski definition) is 0. The Bertz CT molecular complexity index is 1680. The number of rotatable bonds is 3. The molecule has 3 aromatic carbocycles. The summed E-state index contributed by atoms with van der Waals surface area (Å²) < 4.78 is 9.05. The van der Waals surface area contributed by atoms with E-state index in [0.29, 0.717) is 5.69 Å². The van der Waals surface area contributed by atoms with E-state index in [-0.39, 0.29) is 5.41 Å². The van der Waals surface area contributed by atoms with Gasteiger partial charge in [-0.15, -0.1) is 0 Å². The molecule has 2 aromatic heterocycles. The van der Waals surface area contributed by atoms with E-state index in [2.05, 4.69) is 76.2 Å². The minimum Gasteiger partial charge on any atom is -0.456 e. The number of fused-ring (bicyclic) bond motifs is 3. The highest BCUT2D eigenvalue weighted by Crippen LogP contribution is 2.44. The van der Waals surface area contributed by atoms with E-state index < -0.39 is 0 Å². The molecule has 180 valence electrons. The summed E-state index contributed by atoms with van der Waals surface area (Å²) in [7, 11) is 2.16. The van der Waals surface area contributed by atoms with Crippen LogP contribution in [0.4, 0.5) is 5.69 Å². The molecule has 0 spiro atoms. The van der Waals surface area contributed by atoms with Gasteiger partial charge in [-0.1, -0.05) is 75.4 Å². The fraction of sp³-hybridized carbons (Fsp3) is 0.273. The summed E-state index contributed by atoms with van der Waals surface area (Å²) in [4.78, 5) is 3.83. The third kappa shape index (κ3) is 3.88. The average Bonchev–Trinajstić information content (AvgIpc) is 3.22. The third-order valence-corrected chi connectivity index (χ3v) is 7.27. The van der Waals surface area contributed by atoms with Crippen molar-refractivity contribution in [3.05, 3.63) is 94.5 Å². The Kier molecular flexibility index (Phi) is 5.72. The second-order valence-corrected chi connectivity index (χ2v) is 11.1. The van der Waals surface area contributed by atoms with Gasteiger partial charge in [-0.05, 0) is 42.4 Å². The van der Waals surface area contributed by atoms with Crippen LogP contribution in [0, 0.1) is 32.8 Å². The number of aromatic nitrogens is 1. The lowest BCUT2D eigenvalue weighted by molar-refractivity contribution is -0.667. The SMILES string of the molecule is [C-]#[N+]c1ccc2c(oc3c(-c4cc(C)c(CC(C)(C)C)c(C)[n+]4C)c(C)ccc32)c1-c1ccccc1. The smallest absolute Gasteiger partial charge is 0.216 e. The molecular weight excluding hydrogens is 440 g/mol. The lowest BCUT2D eigenvalue weighted by Crippen LogP contribution is -2.37. The maximum atomic E-state index is 7.79. The molecule has 0 N–H and O–H groups in total. The average molecular weight is 474 g/mol. The van der Waals surface area contributed by atoms with Crippen molar-refractivity contribution in [2.75, 3.05) is 0 Å². The van der Waals surface area contributed by atoms with Crippen LogP contribution in [-0.4, -0.2) is 0 Å². The first kappa shape index (κ1) is 23.8. The summed E-state index contributed by atoms with van der Waals surface area (Å²) in [5.41, 5.74) is 11.8. The molecule has 0 saturated heterocycles. The molecule has 5 rings (SSSR count). The van der Waals surface area contributed by atoms with Crippen LogP contribution in [-0.2, 0) is 13.5 Å². The molecule has 0 atom stereocenters. The lowest BCUT2D eigenvalue weighted by Gasteiger charge is -2.21. The van der Waals surface area contributed by atoms with Crippen LogP contribution in [0.25, 0.3) is 49.2 Å². The van der Waals surface area contributed by atoms with Gasteiger partial charge in [-0.25, -0.2) is 4.85 Å². The van der Waals surface area contributed by atoms with Crippen LogP contribution in [0.2, 0.25) is 0 Å². The van der Waals surface area contributed by atoms with E-state index in [1.54, 1.807) is 0 Å². The van der Waals surface area contributed by atoms with Gasteiger partial charge in [0.25, 0.3) is 0 Å². The second kappa shape index (κ2) is 8.64. The van der Waals surface area contributed by atoms with Gasteiger partial charge < -0.3 is 4.42 Å². The molecule has 3 nitrogen and oxygen atoms in total. The number of furan rings is 1. The Morgan fingerprint density at radius 2 is 1.47 bits per heavy atom. The molecule has 2 heterocycles. The Balaban J connectivity index is 1.84. The van der Waals surface area contributed by atoms with Gasteiger partial charge in [0.2, 0.25) is 5.69 Å². The van der Waals surface area contributed by atoms with Crippen molar-refractivity contribution >= 4 is 27.6 Å². The molecule has 0 unspecified atom stereocenters. The highest BCUT2D eigenvalue weighted by molar-refractivity contribution is 6.15. The Labute approximate surface area is 213 Å². The van der Waals surface area contributed by atoms with E-state index in [0.717, 1.165) is 50.7 Å². The summed E-state index contributed by atoms with van der Waals surface area (Å²) >= 11 is 0. The van der Waals surface area contributed by atoms with Gasteiger partial charge in [0, 0.05) is 34.9 Å². The van der Waals surface area contributed by atoms with E-state index >= 15 is 0 Å². The van der Waals surface area contributed by atoms with E-state index in [1.807, 2.05) is 42.5 Å². The predicted octanol–water partition coefficient (Wildman–Crippen LogP) is 8.81. The maximum Gasteiger partial charge on any atom is 0.216 e. The largest absolute Gasteiger partial charge is 0.456 e. The zero-order valence-electron chi connectivity index (χ0n) is 22.3. The van der Waals surface area contributed by atoms with Crippen LogP contribution in [0.1, 0.15) is 43.2 Å². The van der Waals surface area contributed by atoms with Crippen LogP contribution in [0.3, 0.4) is 0 Å². The normalized spacial score (nSPS) is 11.8. The fourth-order valence-corrected chi connectivity index (χ4v) is 5.38. The molecule has 5 aromatic rings. The van der Waals surface area contributed by atoms with Gasteiger partial charge >= 0.3 is 0 Å². The van der Waals surface area contributed by atoms with Gasteiger partial charge in [0.15, 0.2) is 11.4 Å². The van der Waals surface area contributed by atoms with Crippen molar-refractivity contribution in [3.8, 4) is 22.4 Å². The van der Waals surface area contributed by atoms with Crippen LogP contribution in [0.5, 0.6) is 0 Å². The minimum absolute atomic E-state index is 0.215. The molecule has 0 amide bonds. The number of pyridine rings is 1. The molecule has 0 aliphatic rings. The van der Waals surface area contributed by atoms with E-state index in [4.69, 9.17) is 11.0 Å². The third-order valence-electron chi connectivity index (χ3n) is 7.27. The monoisotopic (exact) mass is 473 g/mol. The van der Waals surface area contributed by atoms with Crippen LogP contribution < -0.4 is 4.57 Å². The molecule has 0 aliphatic heterocycles. The van der Waals surface area contributed by atoms with Crippen molar-refractivity contribution in [1.29, 1.82) is 0 Å². The minimum atomic E-state index is 0.215. The molecule has 0 aliphatic carbocycles. The van der Waals surface area contributed by atoms with Gasteiger partial charge in [-0.2, -0.15) is 4.57 Å². The second-order valence-electron chi connectivity index (χ2n) is 11.1. The Morgan fingerprint density at radius 3 is 2.11 bits per heavy atom. The van der Waals surface area contributed by atoms with Crippen molar-refractivity contribution in [1.82, 2.24) is 0 Å². The van der Waals surface area contributed by atoms with Crippen LogP contribution >= 0.6 is 0 Å². The van der Waals surface area contributed by atoms with E-state index in [1.165, 1.54) is 22.4 Å². The van der Waals surface area contributed by atoms with Crippen molar-refractivity contribution < 1.29 is 8.98 Å². The van der Waals surface area contributed by atoms with Gasteiger partial charge in [-0.3, -0.25) is 0 Å². The number of aryl methyl sites for hydroxylation is 2. The molecule has 0 bridgehead atoms. The van der Waals surface area contributed by atoms with Crippen molar-refractivity contribution in [2.24, 2.45) is 12.5 Å². The molecular formula is C33H33N2O+. The molecule has 0 saturated carbocycles. The number of benzene rings is 3. The lowest BCUT2D eigenvalue weighted by atomic mass is 9.85. The quantitative estimate of drug-likeness (QED) is 0.189. The topological polar surface area (TPSA) is 21.4 Å². The first-order valence-electron chi connectivity index (χ1n) is 12.5. The number of hydrogen-bond acceptors (Lipinski definition) is 1. The summed E-state index contributed by atoms with van der Waals surface area (Å²) in [5.74, 6) is 0. The Hall–Kier alpha value is -3.90. The maximum absolute atomic E-state index is 7.79. The van der Waals surface area contributed by atoms with Gasteiger partial charge in [0.05, 0.1) is 12.1 Å². The fourth-order valence-electron chi connectivity index (χ4n) is 5.38. The highest BCUT2D eigenvalue weighted by Gasteiger charge is 2.27. The van der Waals surface area contributed by atoms with Crippen LogP contribution in [0.15, 0.2) is 65.1 Å². The molecule has 0 fully saturated rings. The highest BCUT2D eigenvalue weighted by atomic mass is 16.3. The standard InChI is InChI=1S/C33H33N2O/c1-20-14-15-24-25-16-17-27(34-7)30(23-12-10-9-11-13-23)32(25)36-31(24)29(20)28-18-21(2)26(19-33(4,5)6)22(3)35(28)8/h9-18H,19H2,1-6,8H3/q+1. The summed E-state index contributed by atoms with van der Waals surface area (Å²) in [6.45, 7) is 21.3. The van der Waals surface area contributed by atoms with Gasteiger partial charge in [0.1, 0.15) is 18.2 Å². The molecule has 36 heavy (non-hydrogen) atoms. The molecule has 0 radical (unpaired) electrons. The summed E-state index contributed by atoms with van der Waals surface area (Å²) in [6, 6.07) is 20.7. The summed E-state index contributed by atoms with van der Waals surface area (Å²) in [6.07, 6.45) is 1.03. The first-order valence-corrected chi connectivity index (χ1v) is 12.5. The van der Waals surface area contributed by atoms with E-state index in [9.17, 15) is 0 Å². The van der Waals surface area contributed by atoms with Crippen molar-refractivity contribution in [3.63, 3.8) is 0 Å². The first-order chi connectivity index (χ1) is 17.1. The Morgan fingerprint density at radius 1 is 0.833 bits per heavy atom. The zero-order valence-corrected chi connectivity index (χ0v) is 22.3. The summed E-state index contributed by atoms with van der Waals surface area (Å²) in [5, 5.41) is 2.12. The predicted molar refractivity (Wildman–Crippen MR) is 149 cm³/mol. The molecule has 3 heteroatoms. The number of nitrogens with zero attached hydrogens (tertiary/aromatic N) is 2.